The number of benzene rings is 1. The van der Waals surface area contributed by atoms with Crippen LogP contribution in [0.15, 0.2) is 35.2 Å². The van der Waals surface area contributed by atoms with Gasteiger partial charge in [0, 0.05) is 49.4 Å². The fraction of sp³-hybridized carbons (Fsp3) is 0.562. The molecule has 2 saturated heterocycles. The lowest BCUT2D eigenvalue weighted by Gasteiger charge is -2.36. The predicted octanol–water partition coefficient (Wildman–Crippen LogP) is 1.28. The number of carbonyl (C=O) groups excluding carboxylic acids is 1. The van der Waals surface area contributed by atoms with Gasteiger partial charge < -0.3 is 15.1 Å². The monoisotopic (exact) mass is 321 g/mol. The smallest absolute Gasteiger partial charge is 0.317 e. The second-order valence-corrected chi connectivity index (χ2v) is 7.43. The molecule has 1 aromatic carbocycles. The summed E-state index contributed by atoms with van der Waals surface area (Å²) in [5.74, 6) is 0.679. The quantitative estimate of drug-likeness (QED) is 0.889. The third-order valence-electron chi connectivity index (χ3n) is 4.49. The molecule has 0 spiro atoms. The summed E-state index contributed by atoms with van der Waals surface area (Å²) in [7, 11) is -0.918. The Morgan fingerprint density at radius 3 is 2.50 bits per heavy atom. The Morgan fingerprint density at radius 1 is 1.14 bits per heavy atom. The molecule has 1 aromatic rings. The molecule has 3 rings (SSSR count). The molecule has 0 saturated carbocycles. The fourth-order valence-electron chi connectivity index (χ4n) is 3.19. The second kappa shape index (κ2) is 7.24. The van der Waals surface area contributed by atoms with E-state index in [2.05, 4.69) is 10.2 Å². The van der Waals surface area contributed by atoms with E-state index >= 15 is 0 Å². The summed E-state index contributed by atoms with van der Waals surface area (Å²) in [4.78, 5) is 16.9. The van der Waals surface area contributed by atoms with Gasteiger partial charge in [-0.25, -0.2) is 4.79 Å². The molecule has 0 aliphatic carbocycles. The van der Waals surface area contributed by atoms with Gasteiger partial charge in [0.1, 0.15) is 0 Å². The van der Waals surface area contributed by atoms with Crippen LogP contribution in [0.25, 0.3) is 0 Å². The molecule has 22 heavy (non-hydrogen) atoms. The highest BCUT2D eigenvalue weighted by atomic mass is 32.2. The van der Waals surface area contributed by atoms with Crippen molar-refractivity contribution < 1.29 is 9.00 Å². The first-order chi connectivity index (χ1) is 10.7. The summed E-state index contributed by atoms with van der Waals surface area (Å²) in [6, 6.07) is 10.1. The van der Waals surface area contributed by atoms with Crippen molar-refractivity contribution in [1.29, 1.82) is 0 Å². The Balaban J connectivity index is 1.42. The molecule has 0 aromatic heterocycles. The van der Waals surface area contributed by atoms with Gasteiger partial charge in [-0.2, -0.15) is 0 Å². The SMILES string of the molecule is O=C1NCCN1C1CCN(CCS(=O)c2ccccc2)CC1. The van der Waals surface area contributed by atoms with Crippen molar-refractivity contribution in [3.63, 3.8) is 0 Å². The van der Waals surface area contributed by atoms with Crippen LogP contribution >= 0.6 is 0 Å². The minimum Gasteiger partial charge on any atom is -0.336 e. The van der Waals surface area contributed by atoms with Gasteiger partial charge in [-0.1, -0.05) is 18.2 Å². The molecule has 1 atom stereocenters. The molecular weight excluding hydrogens is 298 g/mol. The zero-order valence-electron chi connectivity index (χ0n) is 12.7. The predicted molar refractivity (Wildman–Crippen MR) is 87.3 cm³/mol. The van der Waals surface area contributed by atoms with Gasteiger partial charge in [-0.05, 0) is 25.0 Å². The van der Waals surface area contributed by atoms with Crippen LogP contribution in [0.1, 0.15) is 12.8 Å². The first-order valence-electron chi connectivity index (χ1n) is 7.94. The minimum absolute atomic E-state index is 0.0867. The average Bonchev–Trinajstić information content (AvgIpc) is 3.00. The first kappa shape index (κ1) is 15.5. The number of urea groups is 1. The minimum atomic E-state index is -0.918. The summed E-state index contributed by atoms with van der Waals surface area (Å²) < 4.78 is 12.2. The van der Waals surface area contributed by atoms with E-state index in [1.54, 1.807) is 0 Å². The van der Waals surface area contributed by atoms with Crippen LogP contribution in [0, 0.1) is 0 Å². The van der Waals surface area contributed by atoms with Crippen LogP contribution in [0.4, 0.5) is 4.79 Å². The van der Waals surface area contributed by atoms with Gasteiger partial charge in [0.25, 0.3) is 0 Å². The van der Waals surface area contributed by atoms with Crippen LogP contribution in [0.2, 0.25) is 0 Å². The van der Waals surface area contributed by atoms with Crippen molar-refractivity contribution in [3.05, 3.63) is 30.3 Å². The van der Waals surface area contributed by atoms with Gasteiger partial charge in [-0.3, -0.25) is 4.21 Å². The van der Waals surface area contributed by atoms with Crippen LogP contribution in [-0.2, 0) is 10.8 Å². The van der Waals surface area contributed by atoms with Crippen molar-refractivity contribution in [2.75, 3.05) is 38.5 Å². The molecule has 1 unspecified atom stereocenters. The van der Waals surface area contributed by atoms with E-state index in [-0.39, 0.29) is 6.03 Å². The Morgan fingerprint density at radius 2 is 1.86 bits per heavy atom. The lowest BCUT2D eigenvalue weighted by atomic mass is 10.0. The summed E-state index contributed by atoms with van der Waals surface area (Å²) in [5.41, 5.74) is 0. The topological polar surface area (TPSA) is 52.7 Å². The van der Waals surface area contributed by atoms with E-state index in [9.17, 15) is 9.00 Å². The lowest BCUT2D eigenvalue weighted by Crippen LogP contribution is -2.46. The number of hydrogen-bond acceptors (Lipinski definition) is 3. The average molecular weight is 321 g/mol. The standard InChI is InChI=1S/C16H23N3O2S/c20-16-17-8-11-19(16)14-6-9-18(10-7-14)12-13-22(21)15-4-2-1-3-5-15/h1-5,14H,6-13H2,(H,17,20). The van der Waals surface area contributed by atoms with Crippen molar-refractivity contribution in [3.8, 4) is 0 Å². The molecule has 2 aliphatic rings. The second-order valence-electron chi connectivity index (χ2n) is 5.86. The van der Waals surface area contributed by atoms with Crippen LogP contribution in [0.3, 0.4) is 0 Å². The number of likely N-dealkylation sites (tertiary alicyclic amines) is 1. The molecular formula is C16H23N3O2S. The Hall–Kier alpha value is -1.40. The number of carbonyl (C=O) groups is 1. The number of nitrogens with one attached hydrogen (secondary N) is 1. The molecule has 0 bridgehead atoms. The van der Waals surface area contributed by atoms with Crippen LogP contribution < -0.4 is 5.32 Å². The van der Waals surface area contributed by atoms with E-state index < -0.39 is 10.8 Å². The van der Waals surface area contributed by atoms with Crippen molar-refractivity contribution in [2.24, 2.45) is 0 Å². The van der Waals surface area contributed by atoms with E-state index in [0.29, 0.717) is 11.8 Å². The molecule has 2 fully saturated rings. The summed E-state index contributed by atoms with van der Waals surface area (Å²) in [6.07, 6.45) is 2.04. The van der Waals surface area contributed by atoms with Gasteiger partial charge in [0.15, 0.2) is 0 Å². The number of piperidine rings is 1. The highest BCUT2D eigenvalue weighted by molar-refractivity contribution is 7.85. The van der Waals surface area contributed by atoms with Crippen molar-refractivity contribution in [2.45, 2.75) is 23.8 Å². The maximum absolute atomic E-state index is 12.2. The molecule has 0 radical (unpaired) electrons. The number of rotatable bonds is 5. The van der Waals surface area contributed by atoms with E-state index in [1.807, 2.05) is 35.2 Å². The van der Waals surface area contributed by atoms with E-state index in [0.717, 1.165) is 50.5 Å². The Kier molecular flexibility index (Phi) is 5.10. The lowest BCUT2D eigenvalue weighted by molar-refractivity contribution is 0.140. The fourth-order valence-corrected chi connectivity index (χ4v) is 4.31. The Labute approximate surface area is 134 Å². The Bertz CT molecular complexity index is 529. The van der Waals surface area contributed by atoms with E-state index in [1.165, 1.54) is 0 Å². The molecule has 6 heteroatoms. The molecule has 2 heterocycles. The summed E-state index contributed by atoms with van der Waals surface area (Å²) in [5, 5.41) is 2.87. The number of nitrogens with zero attached hydrogens (tertiary/aromatic N) is 2. The van der Waals surface area contributed by atoms with E-state index in [4.69, 9.17) is 0 Å². The third-order valence-corrected chi connectivity index (χ3v) is 5.84. The number of amides is 2. The molecule has 120 valence electrons. The molecule has 1 N–H and O–H groups in total. The summed E-state index contributed by atoms with van der Waals surface area (Å²) in [6.45, 7) is 4.44. The van der Waals surface area contributed by atoms with Gasteiger partial charge in [-0.15, -0.1) is 0 Å². The molecule has 2 amide bonds. The van der Waals surface area contributed by atoms with Crippen molar-refractivity contribution >= 4 is 16.8 Å². The first-order valence-corrected chi connectivity index (χ1v) is 9.26. The van der Waals surface area contributed by atoms with Crippen molar-refractivity contribution in [1.82, 2.24) is 15.1 Å². The highest BCUT2D eigenvalue weighted by Crippen LogP contribution is 2.18. The van der Waals surface area contributed by atoms with Gasteiger partial charge in [0.2, 0.25) is 0 Å². The maximum Gasteiger partial charge on any atom is 0.317 e. The van der Waals surface area contributed by atoms with Gasteiger partial charge >= 0.3 is 6.03 Å². The summed E-state index contributed by atoms with van der Waals surface area (Å²) >= 11 is 0. The zero-order chi connectivity index (χ0) is 15.4. The van der Waals surface area contributed by atoms with Gasteiger partial charge in [0.05, 0.1) is 10.8 Å². The third kappa shape index (κ3) is 3.67. The molecule has 5 nitrogen and oxygen atoms in total. The number of hydrogen-bond donors (Lipinski definition) is 1. The largest absolute Gasteiger partial charge is 0.336 e. The van der Waals surface area contributed by atoms with Crippen LogP contribution in [-0.4, -0.2) is 64.6 Å². The zero-order valence-corrected chi connectivity index (χ0v) is 13.6. The normalized spacial score (nSPS) is 21.8. The highest BCUT2D eigenvalue weighted by Gasteiger charge is 2.30. The molecule has 2 aliphatic heterocycles. The van der Waals surface area contributed by atoms with Crippen LogP contribution in [0.5, 0.6) is 0 Å². The maximum atomic E-state index is 12.2.